The summed E-state index contributed by atoms with van der Waals surface area (Å²) in [6, 6.07) is 10.3. The van der Waals surface area contributed by atoms with Gasteiger partial charge in [0.05, 0.1) is 0 Å². The Bertz CT molecular complexity index is 445. The normalized spacial score (nSPS) is 22.2. The monoisotopic (exact) mass is 286 g/mol. The topological polar surface area (TPSA) is 29.3 Å². The Morgan fingerprint density at radius 2 is 1.81 bits per heavy atom. The van der Waals surface area contributed by atoms with E-state index in [9.17, 15) is 0 Å². The molecule has 3 rings (SSSR count). The Morgan fingerprint density at radius 1 is 1.10 bits per heavy atom. The van der Waals surface area contributed by atoms with Crippen LogP contribution in [-0.4, -0.2) is 24.5 Å². The Morgan fingerprint density at radius 3 is 2.43 bits per heavy atom. The maximum Gasteiger partial charge on any atom is 0.0470 e. The molecule has 2 heteroatoms. The van der Waals surface area contributed by atoms with E-state index in [0.29, 0.717) is 12.1 Å². The van der Waals surface area contributed by atoms with Gasteiger partial charge in [0.1, 0.15) is 0 Å². The molecule has 2 aliphatic carbocycles. The first-order chi connectivity index (χ1) is 10.3. The van der Waals surface area contributed by atoms with Gasteiger partial charge in [0.2, 0.25) is 0 Å². The van der Waals surface area contributed by atoms with Gasteiger partial charge in [0, 0.05) is 18.6 Å². The zero-order valence-corrected chi connectivity index (χ0v) is 13.4. The highest BCUT2D eigenvalue weighted by Crippen LogP contribution is 2.41. The predicted octanol–water partition coefficient (Wildman–Crippen LogP) is 4.22. The van der Waals surface area contributed by atoms with E-state index in [4.69, 9.17) is 5.73 Å². The highest BCUT2D eigenvalue weighted by atomic mass is 15.2. The summed E-state index contributed by atoms with van der Waals surface area (Å²) in [4.78, 5) is 2.57. The molecule has 1 aromatic rings. The number of likely N-dealkylation sites (N-methyl/N-ethyl adjacent to an activating group) is 1. The second-order valence-electron chi connectivity index (χ2n) is 7.01. The number of hydrogen-bond donors (Lipinski definition) is 1. The van der Waals surface area contributed by atoms with Crippen LogP contribution in [0.15, 0.2) is 24.3 Å². The van der Waals surface area contributed by atoms with Crippen molar-refractivity contribution in [2.45, 2.75) is 69.4 Å². The molecule has 2 fully saturated rings. The molecule has 1 aromatic carbocycles. The van der Waals surface area contributed by atoms with Crippen molar-refractivity contribution in [2.24, 2.45) is 5.73 Å². The second kappa shape index (κ2) is 6.93. The molecule has 0 aromatic heterocycles. The van der Waals surface area contributed by atoms with Crippen molar-refractivity contribution in [3.8, 4) is 0 Å². The lowest BCUT2D eigenvalue weighted by molar-refractivity contribution is 0.161. The first-order valence-corrected chi connectivity index (χ1v) is 8.81. The summed E-state index contributed by atoms with van der Waals surface area (Å²) in [5.74, 6) is 0.826. The smallest absolute Gasteiger partial charge is 0.0470 e. The molecule has 21 heavy (non-hydrogen) atoms. The number of rotatable bonds is 5. The molecule has 2 N–H and O–H groups in total. The molecule has 2 saturated carbocycles. The van der Waals surface area contributed by atoms with E-state index < -0.39 is 0 Å². The van der Waals surface area contributed by atoms with Crippen LogP contribution < -0.4 is 5.73 Å². The van der Waals surface area contributed by atoms with Gasteiger partial charge in [-0.1, -0.05) is 49.9 Å². The fourth-order valence-electron chi connectivity index (χ4n) is 3.89. The van der Waals surface area contributed by atoms with E-state index in [-0.39, 0.29) is 0 Å². The lowest BCUT2D eigenvalue weighted by Gasteiger charge is -2.34. The summed E-state index contributed by atoms with van der Waals surface area (Å²) < 4.78 is 0. The minimum atomic E-state index is 0.381. The van der Waals surface area contributed by atoms with Gasteiger partial charge in [-0.3, -0.25) is 4.90 Å². The number of nitrogens with two attached hydrogens (primary N) is 1. The summed E-state index contributed by atoms with van der Waals surface area (Å²) in [7, 11) is 2.29. The van der Waals surface area contributed by atoms with Crippen LogP contribution in [0.2, 0.25) is 0 Å². The predicted molar refractivity (Wildman–Crippen MR) is 89.5 cm³/mol. The van der Waals surface area contributed by atoms with E-state index in [2.05, 4.69) is 36.2 Å². The summed E-state index contributed by atoms with van der Waals surface area (Å²) in [5.41, 5.74) is 9.10. The van der Waals surface area contributed by atoms with Gasteiger partial charge in [0.25, 0.3) is 0 Å². The van der Waals surface area contributed by atoms with Crippen molar-refractivity contribution in [3.63, 3.8) is 0 Å². The SMILES string of the molecule is CN(C1CCCCCC1)C(CN)c1cccc(C2CC2)c1. The van der Waals surface area contributed by atoms with Gasteiger partial charge >= 0.3 is 0 Å². The zero-order valence-electron chi connectivity index (χ0n) is 13.4. The first kappa shape index (κ1) is 15.1. The summed E-state index contributed by atoms with van der Waals surface area (Å²) >= 11 is 0. The molecular weight excluding hydrogens is 256 g/mol. The molecule has 1 unspecified atom stereocenters. The second-order valence-corrected chi connectivity index (χ2v) is 7.01. The molecule has 0 aliphatic heterocycles. The quantitative estimate of drug-likeness (QED) is 0.821. The Balaban J connectivity index is 1.74. The van der Waals surface area contributed by atoms with E-state index in [1.54, 1.807) is 0 Å². The highest BCUT2D eigenvalue weighted by molar-refractivity contribution is 5.31. The molecule has 2 aliphatic rings. The van der Waals surface area contributed by atoms with Crippen molar-refractivity contribution >= 4 is 0 Å². The van der Waals surface area contributed by atoms with Crippen LogP contribution in [0.25, 0.3) is 0 Å². The van der Waals surface area contributed by atoms with Crippen LogP contribution >= 0.6 is 0 Å². The molecule has 0 radical (unpaired) electrons. The van der Waals surface area contributed by atoms with Gasteiger partial charge in [-0.05, 0) is 49.8 Å². The van der Waals surface area contributed by atoms with Crippen molar-refractivity contribution in [2.75, 3.05) is 13.6 Å². The van der Waals surface area contributed by atoms with Gasteiger partial charge in [-0.2, -0.15) is 0 Å². The van der Waals surface area contributed by atoms with Gasteiger partial charge in [-0.25, -0.2) is 0 Å². The average molecular weight is 286 g/mol. The van der Waals surface area contributed by atoms with Crippen LogP contribution in [0, 0.1) is 0 Å². The summed E-state index contributed by atoms with van der Waals surface area (Å²) in [5, 5.41) is 0. The minimum Gasteiger partial charge on any atom is -0.329 e. The van der Waals surface area contributed by atoms with Gasteiger partial charge in [-0.15, -0.1) is 0 Å². The number of benzene rings is 1. The van der Waals surface area contributed by atoms with E-state index in [0.717, 1.165) is 12.5 Å². The summed E-state index contributed by atoms with van der Waals surface area (Å²) in [6.45, 7) is 0.723. The third-order valence-corrected chi connectivity index (χ3v) is 5.46. The molecule has 0 bridgehead atoms. The van der Waals surface area contributed by atoms with Crippen molar-refractivity contribution < 1.29 is 0 Å². The van der Waals surface area contributed by atoms with E-state index in [1.807, 2.05) is 0 Å². The average Bonchev–Trinajstić information content (AvgIpc) is 3.35. The third-order valence-electron chi connectivity index (χ3n) is 5.46. The third kappa shape index (κ3) is 3.67. The van der Waals surface area contributed by atoms with Crippen LogP contribution in [-0.2, 0) is 0 Å². The van der Waals surface area contributed by atoms with E-state index >= 15 is 0 Å². The molecule has 0 heterocycles. The highest BCUT2D eigenvalue weighted by Gasteiger charge is 2.27. The summed E-state index contributed by atoms with van der Waals surface area (Å²) in [6.07, 6.45) is 11.0. The van der Waals surface area contributed by atoms with Crippen LogP contribution in [0.5, 0.6) is 0 Å². The Hall–Kier alpha value is -0.860. The van der Waals surface area contributed by atoms with Crippen molar-refractivity contribution in [1.82, 2.24) is 4.90 Å². The largest absolute Gasteiger partial charge is 0.329 e. The van der Waals surface area contributed by atoms with Crippen molar-refractivity contribution in [3.05, 3.63) is 35.4 Å². The lowest BCUT2D eigenvalue weighted by Crippen LogP contribution is -2.38. The lowest BCUT2D eigenvalue weighted by atomic mass is 9.98. The molecule has 2 nitrogen and oxygen atoms in total. The standard InChI is InChI=1S/C19H30N2/c1-21(18-9-4-2-3-5-10-18)19(14-20)17-8-6-7-16(13-17)15-11-12-15/h6-8,13,15,18-19H,2-5,9-12,14,20H2,1H3. The zero-order chi connectivity index (χ0) is 14.7. The molecule has 0 spiro atoms. The Kier molecular flexibility index (Phi) is 4.97. The molecular formula is C19H30N2. The van der Waals surface area contributed by atoms with Crippen molar-refractivity contribution in [1.29, 1.82) is 0 Å². The fraction of sp³-hybridized carbons (Fsp3) is 0.684. The Labute approximate surface area is 129 Å². The van der Waals surface area contributed by atoms with Crippen LogP contribution in [0.3, 0.4) is 0 Å². The molecule has 1 atom stereocenters. The maximum atomic E-state index is 6.15. The van der Waals surface area contributed by atoms with Crippen LogP contribution in [0.1, 0.15) is 74.5 Å². The molecule has 0 saturated heterocycles. The number of hydrogen-bond acceptors (Lipinski definition) is 2. The van der Waals surface area contributed by atoms with E-state index in [1.165, 1.54) is 62.5 Å². The first-order valence-electron chi connectivity index (χ1n) is 8.81. The molecule has 0 amide bonds. The molecule has 116 valence electrons. The maximum absolute atomic E-state index is 6.15. The minimum absolute atomic E-state index is 0.381. The van der Waals surface area contributed by atoms with Gasteiger partial charge < -0.3 is 5.73 Å². The number of nitrogens with zero attached hydrogens (tertiary/aromatic N) is 1. The van der Waals surface area contributed by atoms with Crippen LogP contribution in [0.4, 0.5) is 0 Å². The fourth-order valence-corrected chi connectivity index (χ4v) is 3.89. The van der Waals surface area contributed by atoms with Gasteiger partial charge in [0.15, 0.2) is 0 Å².